The number of halogens is 3. The second-order valence-corrected chi connectivity index (χ2v) is 10.9. The first-order valence-electron chi connectivity index (χ1n) is 7.06. The molecule has 0 aliphatic heterocycles. The number of nitrogens with zero attached hydrogens (tertiary/aromatic N) is 1. The van der Waals surface area contributed by atoms with E-state index in [-0.39, 0.29) is 37.2 Å². The summed E-state index contributed by atoms with van der Waals surface area (Å²) in [4.78, 5) is 2.36. The summed E-state index contributed by atoms with van der Waals surface area (Å²) in [6, 6.07) is 8.92. The topological polar surface area (TPSA) is 3.24 Å². The Labute approximate surface area is 166 Å². The van der Waals surface area contributed by atoms with Gasteiger partial charge >= 0.3 is 130 Å². The first-order valence-corrected chi connectivity index (χ1v) is 9.89. The van der Waals surface area contributed by atoms with Gasteiger partial charge in [-0.25, -0.2) is 0 Å². The Morgan fingerprint density at radius 2 is 1.68 bits per heavy atom. The molecule has 2 unspecified atom stereocenters. The predicted octanol–water partition coefficient (Wildman–Crippen LogP) is -4.75. The van der Waals surface area contributed by atoms with Crippen molar-refractivity contribution in [2.75, 3.05) is 20.6 Å². The molecular weight excluding hydrogens is 416 g/mol. The standard InChI is InChI=1S/C9H7.C8H18N.3ClH.Zr/c1-2-5-9-7-3-6-8(9)4-1;1-8(2,3)6-7-9(4)5;;;;/h1-7H;6H,7H2,1-5H3;3*1H;/q;;;;;+3/p-3. The summed E-state index contributed by atoms with van der Waals surface area (Å²) in [5.41, 5.74) is 3.47. The van der Waals surface area contributed by atoms with Gasteiger partial charge in [0.05, 0.1) is 0 Å². The van der Waals surface area contributed by atoms with Gasteiger partial charge in [-0.3, -0.25) is 0 Å². The van der Waals surface area contributed by atoms with Crippen LogP contribution in [0.3, 0.4) is 0 Å². The van der Waals surface area contributed by atoms with Crippen LogP contribution in [0.1, 0.15) is 35.5 Å². The molecule has 0 aromatic heterocycles. The zero-order valence-electron chi connectivity index (χ0n) is 13.9. The zero-order chi connectivity index (χ0) is 14.0. The van der Waals surface area contributed by atoms with E-state index in [1.165, 1.54) is 12.1 Å². The molecule has 1 aliphatic carbocycles. The van der Waals surface area contributed by atoms with Gasteiger partial charge < -0.3 is 37.2 Å². The molecule has 0 bridgehead atoms. The predicted molar refractivity (Wildman–Crippen MR) is 80.0 cm³/mol. The summed E-state index contributed by atoms with van der Waals surface area (Å²) in [5.74, 6) is 0. The largest absolute Gasteiger partial charge is 1.00 e. The van der Waals surface area contributed by atoms with Crippen molar-refractivity contribution in [2.24, 2.45) is 5.41 Å². The molecule has 0 saturated heterocycles. The molecule has 2 atom stereocenters. The monoisotopic (exact) mass is 438 g/mol. The van der Waals surface area contributed by atoms with Gasteiger partial charge in [-0.2, -0.15) is 0 Å². The quantitative estimate of drug-likeness (QED) is 0.454. The summed E-state index contributed by atoms with van der Waals surface area (Å²) >= 11 is -0.502. The molecule has 5 heteroatoms. The van der Waals surface area contributed by atoms with Crippen molar-refractivity contribution in [1.82, 2.24) is 4.90 Å². The van der Waals surface area contributed by atoms with E-state index >= 15 is 0 Å². The molecule has 0 N–H and O–H groups in total. The summed E-state index contributed by atoms with van der Waals surface area (Å²) in [5, 5.41) is 0. The Hall–Kier alpha value is 0.673. The van der Waals surface area contributed by atoms with Gasteiger partial charge in [0.1, 0.15) is 0 Å². The van der Waals surface area contributed by atoms with Crippen molar-refractivity contribution in [2.45, 2.75) is 28.0 Å². The average Bonchev–Trinajstić information content (AvgIpc) is 2.70. The molecule has 2 rings (SSSR count). The third kappa shape index (κ3) is 6.66. The van der Waals surface area contributed by atoms with Crippen molar-refractivity contribution in [3.63, 3.8) is 0 Å². The van der Waals surface area contributed by atoms with Crippen LogP contribution < -0.4 is 37.2 Å². The van der Waals surface area contributed by atoms with Crippen LogP contribution >= 0.6 is 0 Å². The van der Waals surface area contributed by atoms with Gasteiger partial charge in [0.2, 0.25) is 0 Å². The van der Waals surface area contributed by atoms with Crippen LogP contribution in [0, 0.1) is 5.41 Å². The summed E-state index contributed by atoms with van der Waals surface area (Å²) in [6.07, 6.45) is 4.79. The van der Waals surface area contributed by atoms with Gasteiger partial charge in [-0.1, -0.05) is 0 Å². The van der Waals surface area contributed by atoms with E-state index in [1.807, 2.05) is 0 Å². The number of benzene rings is 1. The van der Waals surface area contributed by atoms with Crippen LogP contribution in [0.4, 0.5) is 0 Å². The van der Waals surface area contributed by atoms with Crippen molar-refractivity contribution >= 4 is 6.08 Å². The maximum atomic E-state index is 2.46. The molecule has 0 radical (unpaired) electrons. The summed E-state index contributed by atoms with van der Waals surface area (Å²) < 4.78 is 1.65. The second-order valence-electron chi connectivity index (χ2n) is 6.81. The third-order valence-corrected chi connectivity index (χ3v) is 9.46. The molecule has 1 aromatic carbocycles. The van der Waals surface area contributed by atoms with Gasteiger partial charge in [0, 0.05) is 0 Å². The molecule has 0 heterocycles. The number of hydrogen-bond donors (Lipinski definition) is 0. The van der Waals surface area contributed by atoms with Crippen LogP contribution in [0.25, 0.3) is 6.08 Å². The molecule has 0 spiro atoms. The summed E-state index contributed by atoms with van der Waals surface area (Å²) in [6.45, 7) is 8.47. The molecule has 1 aliphatic rings. The molecule has 22 heavy (non-hydrogen) atoms. The Bertz CT molecular complexity index is 469. The fourth-order valence-electron chi connectivity index (χ4n) is 2.55. The SMILES string of the molecule is CN(C)C[CH]([Zr+3][CH]1C=Cc2ccccc21)C(C)(C)C.[Cl-].[Cl-].[Cl-]. The van der Waals surface area contributed by atoms with E-state index in [4.69, 9.17) is 0 Å². The van der Waals surface area contributed by atoms with E-state index in [2.05, 4.69) is 76.2 Å². The van der Waals surface area contributed by atoms with Crippen LogP contribution in [-0.4, -0.2) is 25.5 Å². The first kappa shape index (κ1) is 24.9. The van der Waals surface area contributed by atoms with Crippen LogP contribution in [0.5, 0.6) is 0 Å². The molecule has 0 fully saturated rings. The minimum absolute atomic E-state index is 0. The smallest absolute Gasteiger partial charge is 1.00 e. The molecule has 1 nitrogen and oxygen atoms in total. The number of hydrogen-bond acceptors (Lipinski definition) is 1. The van der Waals surface area contributed by atoms with Gasteiger partial charge in [0.25, 0.3) is 0 Å². The number of rotatable bonds is 4. The Balaban J connectivity index is 0. The van der Waals surface area contributed by atoms with E-state index in [0.717, 1.165) is 7.25 Å². The Morgan fingerprint density at radius 3 is 2.23 bits per heavy atom. The average molecular weight is 441 g/mol. The van der Waals surface area contributed by atoms with Gasteiger partial charge in [-0.05, 0) is 0 Å². The first-order chi connectivity index (χ1) is 8.88. The van der Waals surface area contributed by atoms with E-state index < -0.39 is 23.2 Å². The number of allylic oxidation sites excluding steroid dienone is 1. The fraction of sp³-hybridized carbons (Fsp3) is 0.529. The van der Waals surface area contributed by atoms with Gasteiger partial charge in [-0.15, -0.1) is 0 Å². The Morgan fingerprint density at radius 1 is 1.09 bits per heavy atom. The second kappa shape index (κ2) is 10.5. The minimum Gasteiger partial charge on any atom is -1.00 e. The maximum absolute atomic E-state index is 2.46. The summed E-state index contributed by atoms with van der Waals surface area (Å²) in [7, 11) is 4.41. The van der Waals surface area contributed by atoms with E-state index in [9.17, 15) is 0 Å². The van der Waals surface area contributed by atoms with E-state index in [1.54, 1.807) is 5.56 Å². The molecule has 123 valence electrons. The number of fused-ring (bicyclic) bond motifs is 1. The zero-order valence-corrected chi connectivity index (χ0v) is 18.6. The molecule has 0 amide bonds. The normalized spacial score (nSPS) is 16.7. The van der Waals surface area contributed by atoms with Crippen molar-refractivity contribution < 1.29 is 60.5 Å². The third-order valence-electron chi connectivity index (χ3n) is 3.77. The Kier molecular flexibility index (Phi) is 11.9. The van der Waals surface area contributed by atoms with Crippen LogP contribution in [0.15, 0.2) is 30.3 Å². The molecule has 1 aromatic rings. The maximum Gasteiger partial charge on any atom is -1.00 e. The van der Waals surface area contributed by atoms with Crippen molar-refractivity contribution in [3.05, 3.63) is 41.5 Å². The van der Waals surface area contributed by atoms with Crippen molar-refractivity contribution in [3.8, 4) is 0 Å². The van der Waals surface area contributed by atoms with Gasteiger partial charge in [0.15, 0.2) is 0 Å². The van der Waals surface area contributed by atoms with Crippen molar-refractivity contribution in [1.29, 1.82) is 0 Å². The van der Waals surface area contributed by atoms with E-state index in [0.29, 0.717) is 5.41 Å². The molecular formula is C17H25Cl3NZr. The van der Waals surface area contributed by atoms with Crippen LogP contribution in [0.2, 0.25) is 3.63 Å². The van der Waals surface area contributed by atoms with Crippen LogP contribution in [-0.2, 0) is 23.2 Å². The molecule has 0 saturated carbocycles. The fourth-order valence-corrected chi connectivity index (χ4v) is 7.60. The minimum atomic E-state index is -0.502.